The lowest BCUT2D eigenvalue weighted by molar-refractivity contribution is -0.125. The van der Waals surface area contributed by atoms with Gasteiger partial charge in [-0.15, -0.1) is 11.3 Å². The number of rotatable bonds is 8. The van der Waals surface area contributed by atoms with Crippen LogP contribution < -0.4 is 10.1 Å². The topological polar surface area (TPSA) is 41.6 Å². The molecule has 2 aromatic rings. The van der Waals surface area contributed by atoms with Gasteiger partial charge in [0.15, 0.2) is 0 Å². The zero-order valence-corrected chi connectivity index (χ0v) is 14.7. The Morgan fingerprint density at radius 3 is 2.78 bits per heavy atom. The fourth-order valence-corrected chi connectivity index (χ4v) is 3.06. The maximum absolute atomic E-state index is 12.3. The minimum atomic E-state index is -0.191. The second-order valence-electron chi connectivity index (χ2n) is 5.52. The van der Waals surface area contributed by atoms with Gasteiger partial charge < -0.3 is 10.1 Å². The van der Waals surface area contributed by atoms with Gasteiger partial charge in [-0.3, -0.25) is 9.69 Å². The van der Waals surface area contributed by atoms with Crippen molar-refractivity contribution in [2.45, 2.75) is 25.9 Å². The fraction of sp³-hybridized carbons (Fsp3) is 0.389. The number of hydrogen-bond donors (Lipinski definition) is 1. The minimum absolute atomic E-state index is 0.0546. The summed E-state index contributed by atoms with van der Waals surface area (Å²) in [4.78, 5) is 15.6. The van der Waals surface area contributed by atoms with E-state index in [9.17, 15) is 4.79 Å². The molecule has 23 heavy (non-hydrogen) atoms. The van der Waals surface area contributed by atoms with Crippen LogP contribution in [-0.2, 0) is 17.8 Å². The van der Waals surface area contributed by atoms with Crippen LogP contribution in [0.25, 0.3) is 0 Å². The number of carbonyl (C=O) groups excluding carboxylic acids is 1. The second kappa shape index (κ2) is 8.70. The standard InChI is InChI=1S/C18H24N2O2S/c1-14(18(21)19-11-10-16-8-6-12-23-16)20(2)13-15-7-4-5-9-17(15)22-3/h4-9,12,14H,10-11,13H2,1-3H3,(H,19,21). The number of carbonyl (C=O) groups is 1. The molecule has 0 saturated heterocycles. The van der Waals surface area contributed by atoms with Crippen LogP contribution >= 0.6 is 11.3 Å². The molecule has 1 heterocycles. The van der Waals surface area contributed by atoms with Crippen LogP contribution in [0.15, 0.2) is 41.8 Å². The molecular weight excluding hydrogens is 308 g/mol. The Kier molecular flexibility index (Phi) is 6.62. The van der Waals surface area contributed by atoms with Gasteiger partial charge in [-0.25, -0.2) is 0 Å². The average molecular weight is 332 g/mol. The lowest BCUT2D eigenvalue weighted by atomic mass is 10.1. The highest BCUT2D eigenvalue weighted by molar-refractivity contribution is 7.09. The first-order chi connectivity index (χ1) is 11.1. The Morgan fingerprint density at radius 1 is 1.30 bits per heavy atom. The second-order valence-corrected chi connectivity index (χ2v) is 6.56. The molecule has 1 amide bonds. The number of benzene rings is 1. The third-order valence-electron chi connectivity index (χ3n) is 3.90. The van der Waals surface area contributed by atoms with Gasteiger partial charge in [0.05, 0.1) is 13.2 Å². The molecule has 0 aliphatic heterocycles. The summed E-state index contributed by atoms with van der Waals surface area (Å²) in [5.74, 6) is 0.906. The van der Waals surface area contributed by atoms with Crippen LogP contribution in [0.2, 0.25) is 0 Å². The summed E-state index contributed by atoms with van der Waals surface area (Å²) in [6.45, 7) is 3.27. The highest BCUT2D eigenvalue weighted by atomic mass is 32.1. The summed E-state index contributed by atoms with van der Waals surface area (Å²) in [6, 6.07) is 11.8. The quantitative estimate of drug-likeness (QED) is 0.808. The molecule has 5 heteroatoms. The molecule has 1 atom stereocenters. The van der Waals surface area contributed by atoms with Crippen molar-refractivity contribution in [3.05, 3.63) is 52.2 Å². The summed E-state index contributed by atoms with van der Waals surface area (Å²) in [6.07, 6.45) is 0.881. The van der Waals surface area contributed by atoms with Crippen LogP contribution in [0.1, 0.15) is 17.4 Å². The fourth-order valence-electron chi connectivity index (χ4n) is 2.35. The van der Waals surface area contributed by atoms with Crippen molar-refractivity contribution in [2.75, 3.05) is 20.7 Å². The van der Waals surface area contributed by atoms with E-state index in [4.69, 9.17) is 4.74 Å². The normalized spacial score (nSPS) is 12.2. The smallest absolute Gasteiger partial charge is 0.237 e. The van der Waals surface area contributed by atoms with Gasteiger partial charge in [0.1, 0.15) is 5.75 Å². The highest BCUT2D eigenvalue weighted by Gasteiger charge is 2.18. The number of ether oxygens (including phenoxy) is 1. The van der Waals surface area contributed by atoms with Gasteiger partial charge in [0.2, 0.25) is 5.91 Å². The van der Waals surface area contributed by atoms with E-state index < -0.39 is 0 Å². The molecule has 1 aromatic carbocycles. The zero-order chi connectivity index (χ0) is 16.7. The van der Waals surface area contributed by atoms with Gasteiger partial charge in [-0.05, 0) is 37.9 Å². The lowest BCUT2D eigenvalue weighted by Crippen LogP contribution is -2.43. The van der Waals surface area contributed by atoms with Crippen LogP contribution in [0.3, 0.4) is 0 Å². The van der Waals surface area contributed by atoms with E-state index in [0.29, 0.717) is 13.1 Å². The molecule has 0 aliphatic rings. The first-order valence-electron chi connectivity index (χ1n) is 7.74. The predicted molar refractivity (Wildman–Crippen MR) is 95.0 cm³/mol. The highest BCUT2D eigenvalue weighted by Crippen LogP contribution is 2.19. The lowest BCUT2D eigenvalue weighted by Gasteiger charge is -2.24. The number of nitrogens with one attached hydrogen (secondary N) is 1. The van der Waals surface area contributed by atoms with Gasteiger partial charge in [-0.2, -0.15) is 0 Å². The molecule has 1 N–H and O–H groups in total. The van der Waals surface area contributed by atoms with Gasteiger partial charge in [-0.1, -0.05) is 24.3 Å². The Bertz CT molecular complexity index is 613. The van der Waals surface area contributed by atoms with E-state index in [1.54, 1.807) is 18.4 Å². The SMILES string of the molecule is COc1ccccc1CN(C)C(C)C(=O)NCCc1cccs1. The summed E-state index contributed by atoms with van der Waals surface area (Å²) in [7, 11) is 3.62. The molecule has 0 saturated carbocycles. The summed E-state index contributed by atoms with van der Waals surface area (Å²) < 4.78 is 5.37. The van der Waals surface area contributed by atoms with Crippen LogP contribution in [-0.4, -0.2) is 37.6 Å². The molecule has 4 nitrogen and oxygen atoms in total. The third kappa shape index (κ3) is 5.08. The maximum atomic E-state index is 12.3. The number of hydrogen-bond acceptors (Lipinski definition) is 4. The number of amides is 1. The monoisotopic (exact) mass is 332 g/mol. The van der Waals surface area contributed by atoms with Crippen LogP contribution in [0.4, 0.5) is 0 Å². The van der Waals surface area contributed by atoms with Crippen LogP contribution in [0, 0.1) is 0 Å². The largest absolute Gasteiger partial charge is 0.496 e. The predicted octanol–water partition coefficient (Wildman–Crippen LogP) is 2.94. The van der Waals surface area contributed by atoms with Gasteiger partial charge in [0.25, 0.3) is 0 Å². The van der Waals surface area contributed by atoms with E-state index in [2.05, 4.69) is 16.8 Å². The van der Waals surface area contributed by atoms with Crippen molar-refractivity contribution in [1.82, 2.24) is 10.2 Å². The van der Waals surface area contributed by atoms with E-state index >= 15 is 0 Å². The Hall–Kier alpha value is -1.85. The Morgan fingerprint density at radius 2 is 2.09 bits per heavy atom. The number of nitrogens with zero attached hydrogens (tertiary/aromatic N) is 1. The Labute approximate surface area is 142 Å². The van der Waals surface area contributed by atoms with E-state index in [1.165, 1.54) is 4.88 Å². The van der Waals surface area contributed by atoms with Crippen molar-refractivity contribution >= 4 is 17.2 Å². The van der Waals surface area contributed by atoms with Crippen molar-refractivity contribution in [1.29, 1.82) is 0 Å². The van der Waals surface area contributed by atoms with E-state index in [0.717, 1.165) is 17.7 Å². The van der Waals surface area contributed by atoms with Crippen molar-refractivity contribution in [3.63, 3.8) is 0 Å². The molecule has 0 bridgehead atoms. The van der Waals surface area contributed by atoms with Gasteiger partial charge in [0, 0.05) is 23.5 Å². The number of para-hydroxylation sites is 1. The molecular formula is C18H24N2O2S. The first kappa shape index (κ1) is 17.5. The number of likely N-dealkylation sites (N-methyl/N-ethyl adjacent to an activating group) is 1. The van der Waals surface area contributed by atoms with E-state index in [-0.39, 0.29) is 11.9 Å². The van der Waals surface area contributed by atoms with Crippen molar-refractivity contribution < 1.29 is 9.53 Å². The van der Waals surface area contributed by atoms with Crippen LogP contribution in [0.5, 0.6) is 5.75 Å². The third-order valence-corrected chi connectivity index (χ3v) is 4.84. The summed E-state index contributed by atoms with van der Waals surface area (Å²) >= 11 is 1.72. The summed E-state index contributed by atoms with van der Waals surface area (Å²) in [5.41, 5.74) is 1.08. The molecule has 2 rings (SSSR count). The first-order valence-corrected chi connectivity index (χ1v) is 8.62. The molecule has 0 radical (unpaired) electrons. The maximum Gasteiger partial charge on any atom is 0.237 e. The van der Waals surface area contributed by atoms with E-state index in [1.807, 2.05) is 49.2 Å². The summed E-state index contributed by atoms with van der Waals surface area (Å²) in [5, 5.41) is 5.07. The average Bonchev–Trinajstić information content (AvgIpc) is 3.07. The molecule has 0 fully saturated rings. The number of thiophene rings is 1. The molecule has 0 aliphatic carbocycles. The Balaban J connectivity index is 1.83. The molecule has 1 aromatic heterocycles. The van der Waals surface area contributed by atoms with Crippen molar-refractivity contribution in [2.24, 2.45) is 0 Å². The molecule has 0 spiro atoms. The zero-order valence-electron chi connectivity index (χ0n) is 13.9. The number of methoxy groups -OCH3 is 1. The molecule has 1 unspecified atom stereocenters. The van der Waals surface area contributed by atoms with Crippen molar-refractivity contribution in [3.8, 4) is 5.75 Å². The molecule has 124 valence electrons. The minimum Gasteiger partial charge on any atom is -0.496 e. The van der Waals surface area contributed by atoms with Gasteiger partial charge >= 0.3 is 0 Å².